The Morgan fingerprint density at radius 1 is 1.03 bits per heavy atom. The van der Waals surface area contributed by atoms with Gasteiger partial charge in [0, 0.05) is 5.56 Å². The maximum Gasteiger partial charge on any atom is 0.330 e. The second-order valence-corrected chi connectivity index (χ2v) is 8.49. The van der Waals surface area contributed by atoms with Gasteiger partial charge in [0.05, 0.1) is 18.9 Å². The van der Waals surface area contributed by atoms with Gasteiger partial charge in [-0.2, -0.15) is 0 Å². The molecule has 2 amide bonds. The minimum Gasteiger partial charge on any atom is -0.497 e. The van der Waals surface area contributed by atoms with Crippen molar-refractivity contribution in [2.24, 2.45) is 29.6 Å². The number of carbonyl (C=O) groups excluding carboxylic acids is 4. The highest BCUT2D eigenvalue weighted by atomic mass is 16.5. The van der Waals surface area contributed by atoms with E-state index >= 15 is 0 Å². The van der Waals surface area contributed by atoms with Gasteiger partial charge < -0.3 is 9.47 Å². The number of benzene rings is 1. The summed E-state index contributed by atoms with van der Waals surface area (Å²) in [5, 5.41) is 0. The van der Waals surface area contributed by atoms with Crippen LogP contribution in [0, 0.1) is 29.6 Å². The molecule has 1 saturated carbocycles. The molecule has 1 saturated heterocycles. The Morgan fingerprint density at radius 3 is 2.10 bits per heavy atom. The predicted molar refractivity (Wildman–Crippen MR) is 106 cm³/mol. The first-order chi connectivity index (χ1) is 14.3. The number of nitrogens with zero attached hydrogens (tertiary/aromatic N) is 1. The van der Waals surface area contributed by atoms with Crippen molar-refractivity contribution in [2.75, 3.05) is 13.7 Å². The van der Waals surface area contributed by atoms with Gasteiger partial charge in [0.25, 0.3) is 0 Å². The molecular formula is C23H25NO6. The maximum absolute atomic E-state index is 13.0. The maximum atomic E-state index is 13.0. The average Bonchev–Trinajstić information content (AvgIpc) is 3.42. The Morgan fingerprint density at radius 2 is 1.60 bits per heavy atom. The molecule has 0 N–H and O–H groups in total. The molecule has 1 aromatic carbocycles. The van der Waals surface area contributed by atoms with Crippen LogP contribution in [0.5, 0.6) is 5.75 Å². The Labute approximate surface area is 175 Å². The number of ether oxygens (including phenoxy) is 2. The molecular weight excluding hydrogens is 386 g/mol. The molecule has 2 aliphatic carbocycles. The molecule has 0 radical (unpaired) electrons. The summed E-state index contributed by atoms with van der Waals surface area (Å²) in [6.07, 6.45) is 4.85. The third kappa shape index (κ3) is 3.22. The summed E-state index contributed by atoms with van der Waals surface area (Å²) in [5.41, 5.74) is 0.384. The normalized spacial score (nSPS) is 27.5. The monoisotopic (exact) mass is 411 g/mol. The van der Waals surface area contributed by atoms with Gasteiger partial charge in [-0.3, -0.25) is 19.3 Å². The molecule has 1 aromatic rings. The number of amides is 2. The quantitative estimate of drug-likeness (QED) is 0.296. The van der Waals surface area contributed by atoms with Crippen LogP contribution in [0.25, 0.3) is 0 Å². The van der Waals surface area contributed by atoms with Crippen LogP contribution in [-0.4, -0.2) is 48.2 Å². The largest absolute Gasteiger partial charge is 0.497 e. The standard InChI is InChI=1S/C23H25NO6/c1-12(2)20(23(28)30-11-17(25)13-6-8-16(29-3)9-7-13)24-21(26)18-14-4-5-15(10-14)19(18)22(24)27/h4-9,12,14-15,18-20H,10-11H2,1-3H3/t14-,15-,18-,19-,20-/m0/s1. The SMILES string of the molecule is COc1ccc(C(=O)COC(=O)[C@H](C(C)C)N2C(=O)[C@@H]3[C@@H](C2=O)[C@H]2C=C[C@H]3C2)cc1. The number of carbonyl (C=O) groups is 4. The average molecular weight is 411 g/mol. The van der Waals surface area contributed by atoms with Crippen LogP contribution in [0.1, 0.15) is 30.6 Å². The number of methoxy groups -OCH3 is 1. The number of Topliss-reactive ketones (excluding diaryl/α,β-unsaturated/α-hetero) is 1. The molecule has 0 unspecified atom stereocenters. The van der Waals surface area contributed by atoms with E-state index in [0.717, 1.165) is 11.3 Å². The van der Waals surface area contributed by atoms with Crippen molar-refractivity contribution in [3.8, 4) is 5.75 Å². The molecule has 0 spiro atoms. The van der Waals surface area contributed by atoms with E-state index in [0.29, 0.717) is 11.3 Å². The highest BCUT2D eigenvalue weighted by molar-refractivity contribution is 6.09. The predicted octanol–water partition coefficient (Wildman–Crippen LogP) is 2.25. The topological polar surface area (TPSA) is 90.0 Å². The van der Waals surface area contributed by atoms with Gasteiger partial charge in [-0.05, 0) is 48.4 Å². The number of imide groups is 1. The zero-order valence-electron chi connectivity index (χ0n) is 17.2. The minimum absolute atomic E-state index is 0.0712. The van der Waals surface area contributed by atoms with Crippen LogP contribution < -0.4 is 4.74 Å². The van der Waals surface area contributed by atoms with Gasteiger partial charge in [-0.15, -0.1) is 0 Å². The molecule has 7 nitrogen and oxygen atoms in total. The van der Waals surface area contributed by atoms with E-state index in [4.69, 9.17) is 9.47 Å². The molecule has 158 valence electrons. The first kappa shape index (κ1) is 20.3. The van der Waals surface area contributed by atoms with E-state index in [1.165, 1.54) is 7.11 Å². The first-order valence-corrected chi connectivity index (χ1v) is 10.2. The van der Waals surface area contributed by atoms with Crippen LogP contribution in [0.2, 0.25) is 0 Å². The molecule has 1 aliphatic heterocycles. The summed E-state index contributed by atoms with van der Waals surface area (Å²) in [4.78, 5) is 52.4. The number of hydrogen-bond donors (Lipinski definition) is 0. The summed E-state index contributed by atoms with van der Waals surface area (Å²) in [5.74, 6) is -2.00. The summed E-state index contributed by atoms with van der Waals surface area (Å²) in [7, 11) is 1.53. The molecule has 7 heteroatoms. The molecule has 0 aromatic heterocycles. The lowest BCUT2D eigenvalue weighted by atomic mass is 9.85. The third-order valence-corrected chi connectivity index (χ3v) is 6.41. The minimum atomic E-state index is -1.03. The fourth-order valence-corrected chi connectivity index (χ4v) is 4.96. The lowest BCUT2D eigenvalue weighted by Gasteiger charge is -2.28. The second kappa shape index (κ2) is 7.70. The number of hydrogen-bond acceptors (Lipinski definition) is 6. The molecule has 5 atom stereocenters. The van der Waals surface area contributed by atoms with E-state index < -0.39 is 18.6 Å². The highest BCUT2D eigenvalue weighted by Gasteiger charge is 2.61. The van der Waals surface area contributed by atoms with Crippen molar-refractivity contribution in [3.63, 3.8) is 0 Å². The number of rotatable bonds is 7. The number of likely N-dealkylation sites (tertiary alicyclic amines) is 1. The van der Waals surface area contributed by atoms with Gasteiger partial charge in [0.15, 0.2) is 12.4 Å². The lowest BCUT2D eigenvalue weighted by Crippen LogP contribution is -2.50. The summed E-state index contributed by atoms with van der Waals surface area (Å²) in [6.45, 7) is 3.07. The molecule has 30 heavy (non-hydrogen) atoms. The Kier molecular flexibility index (Phi) is 5.22. The van der Waals surface area contributed by atoms with Crippen LogP contribution >= 0.6 is 0 Å². The van der Waals surface area contributed by atoms with Crippen LogP contribution in [0.3, 0.4) is 0 Å². The van der Waals surface area contributed by atoms with Crippen LogP contribution in [0.4, 0.5) is 0 Å². The van der Waals surface area contributed by atoms with Crippen molar-refractivity contribution in [2.45, 2.75) is 26.3 Å². The van der Waals surface area contributed by atoms with Gasteiger partial charge in [-0.25, -0.2) is 4.79 Å². The van der Waals surface area contributed by atoms with Gasteiger partial charge in [-0.1, -0.05) is 26.0 Å². The van der Waals surface area contributed by atoms with Crippen LogP contribution in [0.15, 0.2) is 36.4 Å². The van der Waals surface area contributed by atoms with Gasteiger partial charge in [0.1, 0.15) is 11.8 Å². The zero-order chi connectivity index (χ0) is 21.6. The fourth-order valence-electron chi connectivity index (χ4n) is 4.96. The molecule has 2 fully saturated rings. The van der Waals surface area contributed by atoms with Crippen molar-refractivity contribution in [1.29, 1.82) is 0 Å². The Balaban J connectivity index is 1.45. The van der Waals surface area contributed by atoms with E-state index in [1.807, 2.05) is 12.2 Å². The smallest absolute Gasteiger partial charge is 0.330 e. The summed E-state index contributed by atoms with van der Waals surface area (Å²) < 4.78 is 10.3. The van der Waals surface area contributed by atoms with E-state index in [2.05, 4.69) is 0 Å². The molecule has 3 aliphatic rings. The molecule has 2 bridgehead atoms. The number of ketones is 1. The van der Waals surface area contributed by atoms with Crippen LogP contribution in [-0.2, 0) is 19.1 Å². The van der Waals surface area contributed by atoms with Crippen molar-refractivity contribution < 1.29 is 28.7 Å². The van der Waals surface area contributed by atoms with Crippen molar-refractivity contribution >= 4 is 23.6 Å². The van der Waals surface area contributed by atoms with E-state index in [-0.39, 0.29) is 47.2 Å². The molecule has 1 heterocycles. The lowest BCUT2D eigenvalue weighted by molar-refractivity contribution is -0.160. The third-order valence-electron chi connectivity index (χ3n) is 6.41. The first-order valence-electron chi connectivity index (χ1n) is 10.2. The Bertz CT molecular complexity index is 888. The number of esters is 1. The molecule has 4 rings (SSSR count). The van der Waals surface area contributed by atoms with E-state index in [9.17, 15) is 19.2 Å². The Hall–Kier alpha value is -2.96. The second-order valence-electron chi connectivity index (χ2n) is 8.49. The fraction of sp³-hybridized carbons (Fsp3) is 0.478. The van der Waals surface area contributed by atoms with Gasteiger partial charge >= 0.3 is 5.97 Å². The summed E-state index contributed by atoms with van der Waals surface area (Å²) >= 11 is 0. The van der Waals surface area contributed by atoms with Crippen molar-refractivity contribution in [3.05, 3.63) is 42.0 Å². The zero-order valence-corrected chi connectivity index (χ0v) is 17.2. The van der Waals surface area contributed by atoms with E-state index in [1.54, 1.807) is 38.1 Å². The van der Waals surface area contributed by atoms with Crippen molar-refractivity contribution in [1.82, 2.24) is 4.90 Å². The summed E-state index contributed by atoms with van der Waals surface area (Å²) in [6, 6.07) is 5.45. The highest BCUT2D eigenvalue weighted by Crippen LogP contribution is 2.53. The number of fused-ring (bicyclic) bond motifs is 5. The van der Waals surface area contributed by atoms with Gasteiger partial charge in [0.2, 0.25) is 11.8 Å². The number of allylic oxidation sites excluding steroid dienone is 2.